The summed E-state index contributed by atoms with van der Waals surface area (Å²) in [4.78, 5) is 21.4. The summed E-state index contributed by atoms with van der Waals surface area (Å²) in [6, 6.07) is 0. The van der Waals surface area contributed by atoms with E-state index in [0.29, 0.717) is 0 Å². The van der Waals surface area contributed by atoms with Crippen LogP contribution in [0.1, 0.15) is 32.1 Å². The molecule has 0 bridgehead atoms. The van der Waals surface area contributed by atoms with Crippen molar-refractivity contribution in [2.45, 2.75) is 38.2 Å². The number of rotatable bonds is 3. The van der Waals surface area contributed by atoms with E-state index in [2.05, 4.69) is 0 Å². The van der Waals surface area contributed by atoms with Crippen LogP contribution in [0.5, 0.6) is 0 Å². The summed E-state index contributed by atoms with van der Waals surface area (Å²) < 4.78 is 5.11. The van der Waals surface area contributed by atoms with Crippen molar-refractivity contribution in [2.75, 3.05) is 0 Å². The number of hydrogen-bond acceptors (Lipinski definition) is 3. The van der Waals surface area contributed by atoms with E-state index < -0.39 is 11.9 Å². The molecule has 1 aliphatic rings. The van der Waals surface area contributed by atoms with Crippen molar-refractivity contribution in [1.82, 2.24) is 0 Å². The molecule has 0 atom stereocenters. The Morgan fingerprint density at radius 1 is 1.14 bits per heavy atom. The zero-order valence-corrected chi connectivity index (χ0v) is 8.07. The lowest BCUT2D eigenvalue weighted by Crippen LogP contribution is -2.20. The van der Waals surface area contributed by atoms with Crippen LogP contribution in [0.2, 0.25) is 0 Å². The fourth-order valence-electron chi connectivity index (χ4n) is 1.54. The molecule has 14 heavy (non-hydrogen) atoms. The molecule has 2 N–H and O–H groups in total. The molecule has 0 saturated heterocycles. The van der Waals surface area contributed by atoms with Gasteiger partial charge in [-0.05, 0) is 25.7 Å². The van der Waals surface area contributed by atoms with Crippen molar-refractivity contribution < 1.29 is 14.3 Å². The van der Waals surface area contributed by atoms with Crippen LogP contribution in [0.3, 0.4) is 0 Å². The zero-order valence-electron chi connectivity index (χ0n) is 8.07. The lowest BCUT2D eigenvalue weighted by atomic mass is 9.98. The van der Waals surface area contributed by atoms with Crippen molar-refractivity contribution in [3.8, 4) is 0 Å². The maximum Gasteiger partial charge on any atom is 0.331 e. The Morgan fingerprint density at radius 2 is 1.79 bits per heavy atom. The number of carbonyl (C=O) groups excluding carboxylic acids is 2. The van der Waals surface area contributed by atoms with E-state index in [9.17, 15) is 9.59 Å². The third kappa shape index (κ3) is 4.07. The van der Waals surface area contributed by atoms with Crippen molar-refractivity contribution in [1.29, 1.82) is 0 Å². The molecule has 0 radical (unpaired) electrons. The molecule has 0 spiro atoms. The Morgan fingerprint density at radius 3 is 2.36 bits per heavy atom. The summed E-state index contributed by atoms with van der Waals surface area (Å²) in [7, 11) is 0. The molecular formula is C10H15NO3. The smallest absolute Gasteiger partial charge is 0.331 e. The van der Waals surface area contributed by atoms with Crippen molar-refractivity contribution >= 4 is 11.9 Å². The van der Waals surface area contributed by atoms with Crippen LogP contribution < -0.4 is 5.73 Å². The molecule has 0 aromatic heterocycles. The van der Waals surface area contributed by atoms with Crippen molar-refractivity contribution in [2.24, 2.45) is 5.73 Å². The van der Waals surface area contributed by atoms with Crippen LogP contribution in [0.25, 0.3) is 0 Å². The first-order valence-electron chi connectivity index (χ1n) is 4.86. The number of esters is 1. The van der Waals surface area contributed by atoms with Gasteiger partial charge in [0.1, 0.15) is 6.10 Å². The Balaban J connectivity index is 2.28. The molecule has 4 nitrogen and oxygen atoms in total. The first-order chi connectivity index (χ1) is 6.68. The summed E-state index contributed by atoms with van der Waals surface area (Å²) in [5.74, 6) is -1.11. The average Bonchev–Trinajstić information content (AvgIpc) is 2.16. The van der Waals surface area contributed by atoms with Crippen LogP contribution in [0, 0.1) is 0 Å². The van der Waals surface area contributed by atoms with E-state index in [1.54, 1.807) is 0 Å². The van der Waals surface area contributed by atoms with E-state index >= 15 is 0 Å². The summed E-state index contributed by atoms with van der Waals surface area (Å²) in [5, 5.41) is 0. The highest BCUT2D eigenvalue weighted by atomic mass is 16.5. The first-order valence-corrected chi connectivity index (χ1v) is 4.86. The van der Waals surface area contributed by atoms with Gasteiger partial charge in [-0.25, -0.2) is 4.79 Å². The Hall–Kier alpha value is -1.32. The molecule has 0 heterocycles. The normalized spacial score (nSPS) is 18.3. The molecule has 1 saturated carbocycles. The molecule has 1 amide bonds. The van der Waals surface area contributed by atoms with Gasteiger partial charge in [-0.2, -0.15) is 0 Å². The first kappa shape index (κ1) is 10.8. The predicted molar refractivity (Wildman–Crippen MR) is 51.3 cm³/mol. The highest BCUT2D eigenvalue weighted by Crippen LogP contribution is 2.20. The van der Waals surface area contributed by atoms with Gasteiger partial charge in [0.15, 0.2) is 0 Å². The van der Waals surface area contributed by atoms with Gasteiger partial charge >= 0.3 is 5.97 Å². The number of carbonyl (C=O) groups is 2. The second-order valence-electron chi connectivity index (χ2n) is 3.43. The molecular weight excluding hydrogens is 182 g/mol. The van der Waals surface area contributed by atoms with Gasteiger partial charge in [-0.3, -0.25) is 4.79 Å². The largest absolute Gasteiger partial charge is 0.459 e. The average molecular weight is 197 g/mol. The Kier molecular flexibility index (Phi) is 4.16. The van der Waals surface area contributed by atoms with Gasteiger partial charge in [-0.1, -0.05) is 6.42 Å². The van der Waals surface area contributed by atoms with E-state index in [1.165, 1.54) is 6.42 Å². The molecule has 0 aliphatic heterocycles. The highest BCUT2D eigenvalue weighted by Gasteiger charge is 2.16. The predicted octanol–water partition coefficient (Wildman–Crippen LogP) is 0.904. The molecule has 0 aromatic rings. The minimum absolute atomic E-state index is 0.0220. The summed E-state index contributed by atoms with van der Waals surface area (Å²) in [5.41, 5.74) is 4.84. The molecule has 0 unspecified atom stereocenters. The molecule has 78 valence electrons. The Bertz CT molecular complexity index is 242. The number of amides is 1. The standard InChI is InChI=1S/C10H15NO3/c11-9(12)6-7-10(13)14-8-4-2-1-3-5-8/h6-8H,1-5H2,(H2,11,12)/b7-6-. The number of nitrogens with two attached hydrogens (primary N) is 1. The van der Waals surface area contributed by atoms with Crippen LogP contribution in [0.15, 0.2) is 12.2 Å². The van der Waals surface area contributed by atoms with Gasteiger partial charge in [-0.15, -0.1) is 0 Å². The molecule has 4 heteroatoms. The fraction of sp³-hybridized carbons (Fsp3) is 0.600. The Labute approximate surface area is 83.1 Å². The van der Waals surface area contributed by atoms with Crippen molar-refractivity contribution in [3.05, 3.63) is 12.2 Å². The minimum Gasteiger partial charge on any atom is -0.459 e. The monoisotopic (exact) mass is 197 g/mol. The van der Waals surface area contributed by atoms with Crippen LogP contribution in [-0.4, -0.2) is 18.0 Å². The fourth-order valence-corrected chi connectivity index (χ4v) is 1.54. The lowest BCUT2D eigenvalue weighted by molar-refractivity contribution is -0.144. The number of ether oxygens (including phenoxy) is 1. The third-order valence-electron chi connectivity index (χ3n) is 2.22. The SMILES string of the molecule is NC(=O)/C=C\C(=O)OC1CCCCC1. The summed E-state index contributed by atoms with van der Waals surface area (Å²) in [6.07, 6.45) is 7.41. The van der Waals surface area contributed by atoms with E-state index in [0.717, 1.165) is 37.8 Å². The van der Waals surface area contributed by atoms with Gasteiger partial charge in [0.2, 0.25) is 5.91 Å². The van der Waals surface area contributed by atoms with Gasteiger partial charge in [0.05, 0.1) is 0 Å². The van der Waals surface area contributed by atoms with E-state index in [4.69, 9.17) is 10.5 Å². The topological polar surface area (TPSA) is 69.4 Å². The van der Waals surface area contributed by atoms with Gasteiger partial charge < -0.3 is 10.5 Å². The third-order valence-corrected chi connectivity index (χ3v) is 2.22. The molecule has 0 aromatic carbocycles. The lowest BCUT2D eigenvalue weighted by Gasteiger charge is -2.20. The molecule has 1 fully saturated rings. The quantitative estimate of drug-likeness (QED) is 0.540. The van der Waals surface area contributed by atoms with E-state index in [-0.39, 0.29) is 6.10 Å². The van der Waals surface area contributed by atoms with Crippen molar-refractivity contribution in [3.63, 3.8) is 0 Å². The second kappa shape index (κ2) is 5.42. The number of primary amides is 1. The molecule has 1 aliphatic carbocycles. The maximum absolute atomic E-state index is 11.1. The van der Waals surface area contributed by atoms with Crippen LogP contribution in [0.4, 0.5) is 0 Å². The highest BCUT2D eigenvalue weighted by molar-refractivity contribution is 5.93. The second-order valence-corrected chi connectivity index (χ2v) is 3.43. The maximum atomic E-state index is 11.1. The molecule has 1 rings (SSSR count). The minimum atomic E-state index is -0.634. The van der Waals surface area contributed by atoms with Crippen LogP contribution in [-0.2, 0) is 14.3 Å². The summed E-state index contributed by atoms with van der Waals surface area (Å²) in [6.45, 7) is 0. The van der Waals surface area contributed by atoms with Crippen LogP contribution >= 0.6 is 0 Å². The number of hydrogen-bond donors (Lipinski definition) is 1. The van der Waals surface area contributed by atoms with E-state index in [1.807, 2.05) is 0 Å². The van der Waals surface area contributed by atoms with Gasteiger partial charge in [0, 0.05) is 12.2 Å². The summed E-state index contributed by atoms with van der Waals surface area (Å²) >= 11 is 0. The zero-order chi connectivity index (χ0) is 10.4. The van der Waals surface area contributed by atoms with Gasteiger partial charge in [0.25, 0.3) is 0 Å².